The number of hydrogen-bond donors (Lipinski definition) is 2. The molecule has 0 bridgehead atoms. The van der Waals surface area contributed by atoms with Gasteiger partial charge in [0.05, 0.1) is 5.54 Å². The van der Waals surface area contributed by atoms with Gasteiger partial charge in [-0.3, -0.25) is 4.79 Å². The van der Waals surface area contributed by atoms with Crippen LogP contribution in [0.5, 0.6) is 0 Å². The Hall–Kier alpha value is -0.570. The van der Waals surface area contributed by atoms with Crippen molar-refractivity contribution in [3.05, 3.63) is 0 Å². The van der Waals surface area contributed by atoms with E-state index in [1.807, 2.05) is 0 Å². The smallest absolute Gasteiger partial charge is 0.240 e. The van der Waals surface area contributed by atoms with E-state index in [-0.39, 0.29) is 5.91 Å². The zero-order chi connectivity index (χ0) is 10.9. The minimum atomic E-state index is -0.498. The normalized spacial score (nSPS) is 33.5. The average Bonchev–Trinajstić information content (AvgIpc) is 2.99. The van der Waals surface area contributed by atoms with E-state index in [9.17, 15) is 4.79 Å². The molecule has 2 aliphatic carbocycles. The molecule has 0 spiro atoms. The summed E-state index contributed by atoms with van der Waals surface area (Å²) in [5.41, 5.74) is 5.35. The van der Waals surface area contributed by atoms with Crippen molar-refractivity contribution in [1.29, 1.82) is 0 Å². The molecule has 3 nitrogen and oxygen atoms in total. The fourth-order valence-corrected chi connectivity index (χ4v) is 2.41. The van der Waals surface area contributed by atoms with Crippen LogP contribution in [0.1, 0.15) is 51.9 Å². The molecule has 2 fully saturated rings. The monoisotopic (exact) mass is 210 g/mol. The third-order valence-corrected chi connectivity index (χ3v) is 4.00. The van der Waals surface area contributed by atoms with Crippen molar-refractivity contribution in [1.82, 2.24) is 5.32 Å². The molecule has 1 amide bonds. The maximum atomic E-state index is 11.7. The molecule has 0 radical (unpaired) electrons. The Morgan fingerprint density at radius 3 is 2.40 bits per heavy atom. The van der Waals surface area contributed by atoms with E-state index in [1.54, 1.807) is 0 Å². The molecule has 0 saturated heterocycles. The molecule has 0 aromatic heterocycles. The van der Waals surface area contributed by atoms with Gasteiger partial charge in [-0.15, -0.1) is 0 Å². The lowest BCUT2D eigenvalue weighted by molar-refractivity contribution is -0.124. The van der Waals surface area contributed by atoms with Crippen molar-refractivity contribution in [3.63, 3.8) is 0 Å². The Labute approximate surface area is 91.8 Å². The van der Waals surface area contributed by atoms with E-state index in [4.69, 9.17) is 5.73 Å². The van der Waals surface area contributed by atoms with Gasteiger partial charge in [0, 0.05) is 6.04 Å². The number of nitrogens with one attached hydrogen (secondary N) is 1. The number of nitrogens with two attached hydrogens (primary N) is 1. The SMILES string of the molecule is CCC1CCC(NC(=O)C2(N)CC2)CC1. The summed E-state index contributed by atoms with van der Waals surface area (Å²) < 4.78 is 0. The third-order valence-electron chi connectivity index (χ3n) is 4.00. The van der Waals surface area contributed by atoms with Crippen LogP contribution in [0.2, 0.25) is 0 Å². The van der Waals surface area contributed by atoms with Crippen molar-refractivity contribution in [2.45, 2.75) is 63.5 Å². The largest absolute Gasteiger partial charge is 0.352 e. The predicted octanol–water partition coefficient (Wildman–Crippen LogP) is 1.56. The van der Waals surface area contributed by atoms with Gasteiger partial charge >= 0.3 is 0 Å². The third kappa shape index (κ3) is 2.51. The van der Waals surface area contributed by atoms with Crippen molar-refractivity contribution in [2.75, 3.05) is 0 Å². The Morgan fingerprint density at radius 1 is 1.33 bits per heavy atom. The molecular weight excluding hydrogens is 188 g/mol. The van der Waals surface area contributed by atoms with Gasteiger partial charge in [-0.1, -0.05) is 13.3 Å². The highest BCUT2D eigenvalue weighted by molar-refractivity contribution is 5.89. The van der Waals surface area contributed by atoms with Crippen LogP contribution in [0.15, 0.2) is 0 Å². The zero-order valence-corrected chi connectivity index (χ0v) is 9.59. The van der Waals surface area contributed by atoms with Crippen molar-refractivity contribution in [2.24, 2.45) is 11.7 Å². The second-order valence-corrected chi connectivity index (χ2v) is 5.26. The van der Waals surface area contributed by atoms with Crippen LogP contribution >= 0.6 is 0 Å². The van der Waals surface area contributed by atoms with Gasteiger partial charge in [0.2, 0.25) is 5.91 Å². The molecule has 2 rings (SSSR count). The first-order chi connectivity index (χ1) is 7.14. The van der Waals surface area contributed by atoms with Gasteiger partial charge in [-0.2, -0.15) is 0 Å². The van der Waals surface area contributed by atoms with Crippen molar-refractivity contribution < 1.29 is 4.79 Å². The van der Waals surface area contributed by atoms with E-state index in [2.05, 4.69) is 12.2 Å². The molecule has 0 aromatic rings. The van der Waals surface area contributed by atoms with Gasteiger partial charge in [0.1, 0.15) is 0 Å². The van der Waals surface area contributed by atoms with E-state index < -0.39 is 5.54 Å². The van der Waals surface area contributed by atoms with Gasteiger partial charge in [0.15, 0.2) is 0 Å². The van der Waals surface area contributed by atoms with Crippen LogP contribution < -0.4 is 11.1 Å². The minimum absolute atomic E-state index is 0.0856. The first-order valence-electron chi connectivity index (χ1n) is 6.24. The average molecular weight is 210 g/mol. The molecule has 0 heterocycles. The lowest BCUT2D eigenvalue weighted by Crippen LogP contribution is -2.48. The van der Waals surface area contributed by atoms with E-state index in [1.165, 1.54) is 19.3 Å². The predicted molar refractivity (Wildman–Crippen MR) is 60.3 cm³/mol. The summed E-state index contributed by atoms with van der Waals surface area (Å²) in [5.74, 6) is 0.966. The van der Waals surface area contributed by atoms with Gasteiger partial charge in [0.25, 0.3) is 0 Å². The second-order valence-electron chi connectivity index (χ2n) is 5.26. The molecule has 0 aromatic carbocycles. The van der Waals surface area contributed by atoms with Crippen LogP contribution in [0.3, 0.4) is 0 Å². The number of rotatable bonds is 3. The molecule has 3 N–H and O–H groups in total. The summed E-state index contributed by atoms with van der Waals surface area (Å²) in [6.07, 6.45) is 7.81. The highest BCUT2D eigenvalue weighted by Gasteiger charge is 2.46. The fraction of sp³-hybridized carbons (Fsp3) is 0.917. The van der Waals surface area contributed by atoms with Crippen LogP contribution in [-0.4, -0.2) is 17.5 Å². The minimum Gasteiger partial charge on any atom is -0.352 e. The highest BCUT2D eigenvalue weighted by atomic mass is 16.2. The summed E-state index contributed by atoms with van der Waals surface area (Å²) in [5, 5.41) is 3.10. The van der Waals surface area contributed by atoms with Gasteiger partial charge < -0.3 is 11.1 Å². The summed E-state index contributed by atoms with van der Waals surface area (Å²) >= 11 is 0. The van der Waals surface area contributed by atoms with E-state index in [0.717, 1.165) is 31.6 Å². The molecule has 2 saturated carbocycles. The lowest BCUT2D eigenvalue weighted by atomic mass is 9.84. The van der Waals surface area contributed by atoms with Crippen LogP contribution in [0.4, 0.5) is 0 Å². The standard InChI is InChI=1S/C12H22N2O/c1-2-9-3-5-10(6-4-9)14-11(15)12(13)7-8-12/h9-10H,2-8,13H2,1H3,(H,14,15). The van der Waals surface area contributed by atoms with Crippen LogP contribution in [-0.2, 0) is 4.79 Å². The molecule has 0 atom stereocenters. The summed E-state index contributed by atoms with van der Waals surface area (Å²) in [7, 11) is 0. The number of carbonyl (C=O) groups excluding carboxylic acids is 1. The summed E-state index contributed by atoms with van der Waals surface area (Å²) in [6, 6.07) is 0.390. The molecule has 86 valence electrons. The van der Waals surface area contributed by atoms with Crippen LogP contribution in [0.25, 0.3) is 0 Å². The van der Waals surface area contributed by atoms with Gasteiger partial charge in [-0.25, -0.2) is 0 Å². The quantitative estimate of drug-likeness (QED) is 0.742. The summed E-state index contributed by atoms with van der Waals surface area (Å²) in [4.78, 5) is 11.7. The van der Waals surface area contributed by atoms with Crippen LogP contribution in [0, 0.1) is 5.92 Å². The van der Waals surface area contributed by atoms with E-state index >= 15 is 0 Å². The fourth-order valence-electron chi connectivity index (χ4n) is 2.41. The second kappa shape index (κ2) is 4.12. The van der Waals surface area contributed by atoms with E-state index in [0.29, 0.717) is 6.04 Å². The Kier molecular flexibility index (Phi) is 3.01. The Morgan fingerprint density at radius 2 is 1.93 bits per heavy atom. The first kappa shape index (κ1) is 10.9. The van der Waals surface area contributed by atoms with Gasteiger partial charge in [-0.05, 0) is 44.4 Å². The molecular formula is C12H22N2O. The van der Waals surface area contributed by atoms with Crippen molar-refractivity contribution in [3.8, 4) is 0 Å². The zero-order valence-electron chi connectivity index (χ0n) is 9.59. The molecule has 15 heavy (non-hydrogen) atoms. The Balaban J connectivity index is 1.74. The molecule has 2 aliphatic rings. The first-order valence-corrected chi connectivity index (χ1v) is 6.24. The molecule has 0 unspecified atom stereocenters. The molecule has 0 aliphatic heterocycles. The number of carbonyl (C=O) groups is 1. The highest BCUT2D eigenvalue weighted by Crippen LogP contribution is 2.33. The number of amides is 1. The number of hydrogen-bond acceptors (Lipinski definition) is 2. The Bertz CT molecular complexity index is 240. The maximum Gasteiger partial charge on any atom is 0.240 e. The topological polar surface area (TPSA) is 55.1 Å². The molecule has 3 heteroatoms. The summed E-state index contributed by atoms with van der Waals surface area (Å²) in [6.45, 7) is 2.25. The van der Waals surface area contributed by atoms with Crippen molar-refractivity contribution >= 4 is 5.91 Å². The maximum absolute atomic E-state index is 11.7. The lowest BCUT2D eigenvalue weighted by Gasteiger charge is -2.29.